The van der Waals surface area contributed by atoms with Crippen LogP contribution in [0.2, 0.25) is 0 Å². The second-order valence-electron chi connectivity index (χ2n) is 7.08. The molecule has 1 aliphatic heterocycles. The van der Waals surface area contributed by atoms with Gasteiger partial charge in [0.2, 0.25) is 0 Å². The van der Waals surface area contributed by atoms with Gasteiger partial charge in [-0.05, 0) is 48.6 Å². The number of rotatable bonds is 4. The first-order chi connectivity index (χ1) is 12.3. The largest absolute Gasteiger partial charge is 0.416 e. The van der Waals surface area contributed by atoms with Crippen molar-refractivity contribution >= 4 is 0 Å². The molecular formula is C18H19F4N3O. The van der Waals surface area contributed by atoms with Gasteiger partial charge in [-0.2, -0.15) is 18.3 Å². The van der Waals surface area contributed by atoms with Gasteiger partial charge in [0.25, 0.3) is 0 Å². The zero-order valence-corrected chi connectivity index (χ0v) is 14.0. The highest BCUT2D eigenvalue weighted by molar-refractivity contribution is 5.30. The molecule has 1 saturated carbocycles. The molecule has 2 aliphatic rings. The molecule has 0 saturated heterocycles. The molecule has 1 atom stereocenters. The average molecular weight is 369 g/mol. The number of aliphatic hydroxyl groups is 1. The predicted octanol–water partition coefficient (Wildman–Crippen LogP) is 3.50. The van der Waals surface area contributed by atoms with E-state index in [4.69, 9.17) is 0 Å². The van der Waals surface area contributed by atoms with E-state index in [0.717, 1.165) is 36.7 Å². The fraction of sp³-hybridized carbons (Fsp3) is 0.500. The molecule has 1 fully saturated rings. The Morgan fingerprint density at radius 1 is 1.19 bits per heavy atom. The molecule has 140 valence electrons. The summed E-state index contributed by atoms with van der Waals surface area (Å²) < 4.78 is 54.8. The van der Waals surface area contributed by atoms with Crippen LogP contribution >= 0.6 is 0 Å². The Hall–Kier alpha value is -1.93. The maximum absolute atomic E-state index is 13.5. The van der Waals surface area contributed by atoms with E-state index in [1.54, 1.807) is 4.68 Å². The van der Waals surface area contributed by atoms with E-state index in [1.807, 2.05) is 11.0 Å². The number of hydrogen-bond acceptors (Lipinski definition) is 3. The SMILES string of the molecule is OC(c1cc2n(n1)CCN(Cc1cc(F)ccc1C(F)(F)F)C2)C1CC1. The summed E-state index contributed by atoms with van der Waals surface area (Å²) in [6.07, 6.45) is -3.09. The minimum absolute atomic E-state index is 0.0122. The van der Waals surface area contributed by atoms with Crippen molar-refractivity contribution in [2.45, 2.75) is 44.8 Å². The van der Waals surface area contributed by atoms with Gasteiger partial charge in [-0.3, -0.25) is 9.58 Å². The number of aromatic nitrogens is 2. The minimum atomic E-state index is -4.51. The lowest BCUT2D eigenvalue weighted by molar-refractivity contribution is -0.138. The van der Waals surface area contributed by atoms with Crippen LogP contribution in [-0.4, -0.2) is 26.3 Å². The summed E-state index contributed by atoms with van der Waals surface area (Å²) in [5.74, 6) is -0.408. The smallest absolute Gasteiger partial charge is 0.386 e. The molecule has 1 N–H and O–H groups in total. The monoisotopic (exact) mass is 369 g/mol. The highest BCUT2D eigenvalue weighted by atomic mass is 19.4. The van der Waals surface area contributed by atoms with Crippen LogP contribution < -0.4 is 0 Å². The molecule has 1 aromatic heterocycles. The molecule has 0 spiro atoms. The van der Waals surface area contributed by atoms with Gasteiger partial charge in [-0.1, -0.05) is 0 Å². The summed E-state index contributed by atoms with van der Waals surface area (Å²) in [6.45, 7) is 1.47. The number of benzene rings is 1. The minimum Gasteiger partial charge on any atom is -0.386 e. The fourth-order valence-electron chi connectivity index (χ4n) is 3.49. The quantitative estimate of drug-likeness (QED) is 0.839. The summed E-state index contributed by atoms with van der Waals surface area (Å²) >= 11 is 0. The standard InChI is InChI=1S/C18H19F4N3O/c19-13-3-4-15(18(20,21)22)12(7-13)9-24-5-6-25-14(10-24)8-16(23-25)17(26)11-1-2-11/h3-4,7-8,11,17,26H,1-2,5-6,9-10H2. The van der Waals surface area contributed by atoms with Crippen LogP contribution in [0.15, 0.2) is 24.3 Å². The highest BCUT2D eigenvalue weighted by Gasteiger charge is 2.35. The normalized spacial score (nSPS) is 19.4. The zero-order valence-electron chi connectivity index (χ0n) is 14.0. The second kappa shape index (κ2) is 6.35. The first kappa shape index (κ1) is 17.5. The molecule has 0 amide bonds. The van der Waals surface area contributed by atoms with E-state index in [2.05, 4.69) is 5.10 Å². The molecular weight excluding hydrogens is 350 g/mol. The third-order valence-corrected chi connectivity index (χ3v) is 5.03. The molecule has 4 rings (SSSR count). The van der Waals surface area contributed by atoms with Gasteiger partial charge in [0.05, 0.1) is 23.5 Å². The Morgan fingerprint density at radius 2 is 1.96 bits per heavy atom. The summed E-state index contributed by atoms with van der Waals surface area (Å²) in [6, 6.07) is 4.41. The molecule has 0 bridgehead atoms. The van der Waals surface area contributed by atoms with Crippen molar-refractivity contribution in [1.29, 1.82) is 0 Å². The Balaban J connectivity index is 1.52. The maximum atomic E-state index is 13.5. The number of hydrogen-bond donors (Lipinski definition) is 1. The van der Waals surface area contributed by atoms with E-state index in [1.165, 1.54) is 0 Å². The molecule has 0 radical (unpaired) electrons. The lowest BCUT2D eigenvalue weighted by atomic mass is 10.1. The van der Waals surface area contributed by atoms with E-state index in [9.17, 15) is 22.7 Å². The molecule has 2 aromatic rings. The highest BCUT2D eigenvalue weighted by Crippen LogP contribution is 2.40. The van der Waals surface area contributed by atoms with Crippen molar-refractivity contribution in [2.75, 3.05) is 6.54 Å². The molecule has 26 heavy (non-hydrogen) atoms. The summed E-state index contributed by atoms with van der Waals surface area (Å²) in [7, 11) is 0. The molecule has 1 aromatic carbocycles. The van der Waals surface area contributed by atoms with Gasteiger partial charge in [0.1, 0.15) is 11.9 Å². The Kier molecular flexibility index (Phi) is 4.27. The van der Waals surface area contributed by atoms with Crippen molar-refractivity contribution in [3.63, 3.8) is 0 Å². The van der Waals surface area contributed by atoms with E-state index < -0.39 is 23.7 Å². The number of fused-ring (bicyclic) bond motifs is 1. The Labute approximate surface area is 148 Å². The van der Waals surface area contributed by atoms with Gasteiger partial charge < -0.3 is 5.11 Å². The van der Waals surface area contributed by atoms with E-state index in [-0.39, 0.29) is 18.0 Å². The maximum Gasteiger partial charge on any atom is 0.416 e. The number of nitrogens with zero attached hydrogens (tertiary/aromatic N) is 3. The van der Waals surface area contributed by atoms with Crippen LogP contribution in [0.1, 0.15) is 41.5 Å². The molecule has 4 nitrogen and oxygen atoms in total. The van der Waals surface area contributed by atoms with Crippen molar-refractivity contribution in [3.8, 4) is 0 Å². The summed E-state index contributed by atoms with van der Waals surface area (Å²) in [5.41, 5.74) is 0.619. The van der Waals surface area contributed by atoms with Crippen LogP contribution in [0.4, 0.5) is 17.6 Å². The van der Waals surface area contributed by atoms with Gasteiger partial charge in [-0.15, -0.1) is 0 Å². The van der Waals surface area contributed by atoms with Crippen molar-refractivity contribution < 1.29 is 22.7 Å². The zero-order chi connectivity index (χ0) is 18.5. The lowest BCUT2D eigenvalue weighted by Gasteiger charge is -2.28. The van der Waals surface area contributed by atoms with Crippen LogP contribution in [0.5, 0.6) is 0 Å². The lowest BCUT2D eigenvalue weighted by Crippen LogP contribution is -2.34. The van der Waals surface area contributed by atoms with Crippen molar-refractivity contribution in [3.05, 3.63) is 52.6 Å². The van der Waals surface area contributed by atoms with Gasteiger partial charge in [0, 0.05) is 19.6 Å². The second-order valence-corrected chi connectivity index (χ2v) is 7.08. The molecule has 1 unspecified atom stereocenters. The molecule has 8 heteroatoms. The van der Waals surface area contributed by atoms with Crippen LogP contribution in [0, 0.1) is 11.7 Å². The number of halogens is 4. The number of aliphatic hydroxyl groups excluding tert-OH is 1. The van der Waals surface area contributed by atoms with Crippen molar-refractivity contribution in [2.24, 2.45) is 5.92 Å². The predicted molar refractivity (Wildman–Crippen MR) is 85.4 cm³/mol. The first-order valence-corrected chi connectivity index (χ1v) is 8.64. The summed E-state index contributed by atoms with van der Waals surface area (Å²) in [5, 5.41) is 14.6. The fourth-order valence-corrected chi connectivity index (χ4v) is 3.49. The Morgan fingerprint density at radius 3 is 2.65 bits per heavy atom. The molecule has 2 heterocycles. The van der Waals surface area contributed by atoms with E-state index in [0.29, 0.717) is 25.3 Å². The third kappa shape index (κ3) is 3.48. The average Bonchev–Trinajstić information content (AvgIpc) is 3.32. The Bertz CT molecular complexity index is 813. The van der Waals surface area contributed by atoms with Gasteiger partial charge in [0.15, 0.2) is 0 Å². The third-order valence-electron chi connectivity index (χ3n) is 5.03. The summed E-state index contributed by atoms with van der Waals surface area (Å²) in [4.78, 5) is 1.84. The first-order valence-electron chi connectivity index (χ1n) is 8.64. The molecule has 1 aliphatic carbocycles. The van der Waals surface area contributed by atoms with Gasteiger partial charge in [-0.25, -0.2) is 4.39 Å². The van der Waals surface area contributed by atoms with Crippen LogP contribution in [0.3, 0.4) is 0 Å². The van der Waals surface area contributed by atoms with Crippen LogP contribution in [-0.2, 0) is 25.8 Å². The number of alkyl halides is 3. The topological polar surface area (TPSA) is 41.3 Å². The van der Waals surface area contributed by atoms with Crippen LogP contribution in [0.25, 0.3) is 0 Å². The van der Waals surface area contributed by atoms with Gasteiger partial charge >= 0.3 is 6.18 Å². The van der Waals surface area contributed by atoms with E-state index >= 15 is 0 Å². The van der Waals surface area contributed by atoms with Crippen molar-refractivity contribution in [1.82, 2.24) is 14.7 Å².